The number of Topliss-reactive ketones (excluding diaryl/α,β-unsaturated/α-hetero) is 1. The predicted molar refractivity (Wildman–Crippen MR) is 109 cm³/mol. The van der Waals surface area contributed by atoms with E-state index in [1.54, 1.807) is 18.2 Å². The predicted octanol–water partition coefficient (Wildman–Crippen LogP) is 4.71. The van der Waals surface area contributed by atoms with E-state index in [4.69, 9.17) is 30.5 Å². The fraction of sp³-hybridized carbons (Fsp3) is 0.333. The molecule has 7 nitrogen and oxygen atoms in total. The van der Waals surface area contributed by atoms with Crippen LogP contribution in [-0.4, -0.2) is 31.7 Å². The molecule has 0 atom stereocenters. The fourth-order valence-electron chi connectivity index (χ4n) is 2.84. The number of ketones is 1. The summed E-state index contributed by atoms with van der Waals surface area (Å²) in [5, 5.41) is 3.02. The van der Waals surface area contributed by atoms with Crippen LogP contribution < -0.4 is 24.3 Å². The zero-order chi connectivity index (χ0) is 21.0. The highest BCUT2D eigenvalue weighted by atomic mass is 35.5. The molecular weight excluding hydrogens is 398 g/mol. The van der Waals surface area contributed by atoms with Crippen LogP contribution in [0.5, 0.6) is 23.0 Å². The van der Waals surface area contributed by atoms with E-state index in [1.165, 1.54) is 13.0 Å². The van der Waals surface area contributed by atoms with Gasteiger partial charge in [0.2, 0.25) is 6.79 Å². The summed E-state index contributed by atoms with van der Waals surface area (Å²) < 4.78 is 21.9. The van der Waals surface area contributed by atoms with Crippen molar-refractivity contribution in [1.29, 1.82) is 0 Å². The number of halogens is 1. The van der Waals surface area contributed by atoms with E-state index in [9.17, 15) is 9.59 Å². The lowest BCUT2D eigenvalue weighted by Gasteiger charge is -2.15. The highest BCUT2D eigenvalue weighted by Crippen LogP contribution is 2.39. The topological polar surface area (TPSA) is 83.1 Å². The quantitative estimate of drug-likeness (QED) is 0.624. The van der Waals surface area contributed by atoms with Crippen LogP contribution in [0.1, 0.15) is 47.9 Å². The first-order chi connectivity index (χ1) is 13.9. The van der Waals surface area contributed by atoms with Gasteiger partial charge >= 0.3 is 0 Å². The number of rotatable bonds is 8. The molecule has 0 spiro atoms. The van der Waals surface area contributed by atoms with Crippen LogP contribution >= 0.6 is 11.6 Å². The van der Waals surface area contributed by atoms with Crippen molar-refractivity contribution >= 4 is 29.0 Å². The van der Waals surface area contributed by atoms with Gasteiger partial charge in [-0.3, -0.25) is 9.59 Å². The summed E-state index contributed by atoms with van der Waals surface area (Å²) in [5.41, 5.74) is 0.920. The number of amides is 1. The lowest BCUT2D eigenvalue weighted by atomic mass is 10.1. The molecule has 3 rings (SSSR count). The summed E-state index contributed by atoms with van der Waals surface area (Å²) in [6.07, 6.45) is 0.808. The molecule has 0 aromatic heterocycles. The Kier molecular flexibility index (Phi) is 6.49. The molecule has 1 amide bonds. The second-order valence-corrected chi connectivity index (χ2v) is 6.74. The second-order valence-electron chi connectivity index (χ2n) is 6.33. The number of fused-ring (bicyclic) bond motifs is 1. The van der Waals surface area contributed by atoms with Crippen LogP contribution in [0.3, 0.4) is 0 Å². The van der Waals surface area contributed by atoms with Gasteiger partial charge in [-0.15, -0.1) is 0 Å². The molecule has 0 saturated heterocycles. The van der Waals surface area contributed by atoms with E-state index in [1.807, 2.05) is 13.8 Å². The second kappa shape index (κ2) is 9.05. The van der Waals surface area contributed by atoms with Crippen LogP contribution in [0.4, 0.5) is 5.69 Å². The molecule has 154 valence electrons. The Labute approximate surface area is 173 Å². The van der Waals surface area contributed by atoms with Gasteiger partial charge < -0.3 is 24.3 Å². The number of benzene rings is 2. The number of hydrogen-bond acceptors (Lipinski definition) is 6. The van der Waals surface area contributed by atoms with Gasteiger partial charge in [0.05, 0.1) is 23.9 Å². The molecule has 8 heteroatoms. The number of anilines is 1. The van der Waals surface area contributed by atoms with Gasteiger partial charge in [-0.05, 0) is 38.5 Å². The number of hydrogen-bond donors (Lipinski definition) is 1. The van der Waals surface area contributed by atoms with Crippen LogP contribution in [0.25, 0.3) is 0 Å². The third kappa shape index (κ3) is 4.56. The van der Waals surface area contributed by atoms with Crippen LogP contribution in [-0.2, 0) is 0 Å². The Morgan fingerprint density at radius 1 is 1.10 bits per heavy atom. The summed E-state index contributed by atoms with van der Waals surface area (Å²) >= 11 is 6.34. The van der Waals surface area contributed by atoms with E-state index < -0.39 is 5.91 Å². The lowest BCUT2D eigenvalue weighted by Crippen LogP contribution is -2.15. The van der Waals surface area contributed by atoms with Gasteiger partial charge in [0.1, 0.15) is 0 Å². The van der Waals surface area contributed by atoms with Crippen LogP contribution in [0, 0.1) is 0 Å². The number of ether oxygens (including phenoxy) is 4. The molecule has 0 bridgehead atoms. The van der Waals surface area contributed by atoms with Crippen LogP contribution in [0.15, 0.2) is 24.3 Å². The SMILES string of the molecule is CCCOc1c(Cl)cc(C(=O)Nc2cc3c(cc2C(C)=O)OCO3)cc1OCC. The summed E-state index contributed by atoms with van der Waals surface area (Å²) in [5.74, 6) is 1.05. The van der Waals surface area contributed by atoms with Crippen molar-refractivity contribution < 1.29 is 28.5 Å². The van der Waals surface area contributed by atoms with Gasteiger partial charge in [0.15, 0.2) is 28.8 Å². The number of carbonyl (C=O) groups is 2. The fourth-order valence-corrected chi connectivity index (χ4v) is 3.10. The monoisotopic (exact) mass is 419 g/mol. The zero-order valence-electron chi connectivity index (χ0n) is 16.5. The molecule has 1 N–H and O–H groups in total. The molecule has 1 aliphatic heterocycles. The maximum Gasteiger partial charge on any atom is 0.255 e. The molecule has 1 aliphatic rings. The maximum atomic E-state index is 12.9. The first-order valence-corrected chi connectivity index (χ1v) is 9.67. The molecule has 0 radical (unpaired) electrons. The van der Waals surface area contributed by atoms with Crippen LogP contribution in [0.2, 0.25) is 5.02 Å². The van der Waals surface area contributed by atoms with E-state index in [0.717, 1.165) is 6.42 Å². The molecule has 0 unspecified atom stereocenters. The smallest absolute Gasteiger partial charge is 0.255 e. The maximum absolute atomic E-state index is 12.9. The third-order valence-corrected chi connectivity index (χ3v) is 4.44. The van der Waals surface area contributed by atoms with E-state index in [-0.39, 0.29) is 23.2 Å². The Balaban J connectivity index is 1.92. The molecule has 0 saturated carbocycles. The Morgan fingerprint density at radius 3 is 2.48 bits per heavy atom. The summed E-state index contributed by atoms with van der Waals surface area (Å²) in [4.78, 5) is 24.9. The Morgan fingerprint density at radius 2 is 1.83 bits per heavy atom. The highest BCUT2D eigenvalue weighted by Gasteiger charge is 2.22. The molecule has 0 fully saturated rings. The van der Waals surface area contributed by atoms with Gasteiger partial charge in [0, 0.05) is 17.2 Å². The van der Waals surface area contributed by atoms with Crippen molar-refractivity contribution in [3.05, 3.63) is 40.4 Å². The van der Waals surface area contributed by atoms with Crippen molar-refractivity contribution in [2.24, 2.45) is 0 Å². The minimum absolute atomic E-state index is 0.0661. The highest BCUT2D eigenvalue weighted by molar-refractivity contribution is 6.32. The van der Waals surface area contributed by atoms with Crippen molar-refractivity contribution in [3.8, 4) is 23.0 Å². The minimum Gasteiger partial charge on any atom is -0.490 e. The lowest BCUT2D eigenvalue weighted by molar-refractivity contribution is 0.101. The first kappa shape index (κ1) is 20.8. The molecule has 29 heavy (non-hydrogen) atoms. The Hall–Kier alpha value is -2.93. The van der Waals surface area contributed by atoms with Crippen molar-refractivity contribution in [2.45, 2.75) is 27.2 Å². The summed E-state index contributed by atoms with van der Waals surface area (Å²) in [6, 6.07) is 6.20. The van der Waals surface area contributed by atoms with E-state index >= 15 is 0 Å². The standard InChI is InChI=1S/C21H22ClNO6/c1-4-6-27-20-15(22)7-13(8-19(20)26-5-2)21(25)23-16-10-18-17(28-11-29-18)9-14(16)12(3)24/h7-10H,4-6,11H2,1-3H3,(H,23,25). The third-order valence-electron chi connectivity index (χ3n) is 4.16. The first-order valence-electron chi connectivity index (χ1n) is 9.29. The van der Waals surface area contributed by atoms with Gasteiger partial charge in [-0.2, -0.15) is 0 Å². The van der Waals surface area contributed by atoms with Gasteiger partial charge in [-0.1, -0.05) is 18.5 Å². The average molecular weight is 420 g/mol. The van der Waals surface area contributed by atoms with Gasteiger partial charge in [0.25, 0.3) is 5.91 Å². The van der Waals surface area contributed by atoms with Crippen molar-refractivity contribution in [1.82, 2.24) is 0 Å². The van der Waals surface area contributed by atoms with Crippen molar-refractivity contribution in [2.75, 3.05) is 25.3 Å². The van der Waals surface area contributed by atoms with E-state index in [0.29, 0.717) is 47.5 Å². The molecule has 2 aromatic rings. The minimum atomic E-state index is -0.448. The normalized spacial score (nSPS) is 11.9. The van der Waals surface area contributed by atoms with Crippen molar-refractivity contribution in [3.63, 3.8) is 0 Å². The zero-order valence-corrected chi connectivity index (χ0v) is 17.2. The molecular formula is C21H22ClNO6. The number of carbonyl (C=O) groups excluding carboxylic acids is 2. The summed E-state index contributed by atoms with van der Waals surface area (Å²) in [6.45, 7) is 6.16. The summed E-state index contributed by atoms with van der Waals surface area (Å²) in [7, 11) is 0. The Bertz CT molecular complexity index is 943. The number of nitrogens with one attached hydrogen (secondary N) is 1. The largest absolute Gasteiger partial charge is 0.490 e. The molecule has 2 aromatic carbocycles. The van der Waals surface area contributed by atoms with E-state index in [2.05, 4.69) is 5.32 Å². The average Bonchev–Trinajstić information content (AvgIpc) is 3.14. The molecule has 1 heterocycles. The van der Waals surface area contributed by atoms with Gasteiger partial charge in [-0.25, -0.2) is 0 Å². The molecule has 0 aliphatic carbocycles.